The van der Waals surface area contributed by atoms with Crippen molar-refractivity contribution in [3.63, 3.8) is 0 Å². The van der Waals surface area contributed by atoms with Crippen LogP contribution in [0, 0.1) is 10.1 Å². The molecule has 1 saturated heterocycles. The quantitative estimate of drug-likeness (QED) is 0.541. The molecule has 8 nitrogen and oxygen atoms in total. The van der Waals surface area contributed by atoms with Gasteiger partial charge in [-0.3, -0.25) is 14.9 Å². The molecule has 0 atom stereocenters. The fourth-order valence-electron chi connectivity index (χ4n) is 3.53. The van der Waals surface area contributed by atoms with Crippen molar-refractivity contribution in [2.75, 3.05) is 19.7 Å². The molecule has 1 aliphatic heterocycles. The minimum atomic E-state index is -0.515. The second-order valence-electron chi connectivity index (χ2n) is 6.81. The number of hydrogen-bond donors (Lipinski definition) is 1. The molecule has 0 aliphatic carbocycles. The van der Waals surface area contributed by atoms with Crippen LogP contribution in [0.15, 0.2) is 48.5 Å². The van der Waals surface area contributed by atoms with Gasteiger partial charge in [-0.2, -0.15) is 0 Å². The number of piperidine rings is 1. The number of imidazole rings is 1. The van der Waals surface area contributed by atoms with Crippen LogP contribution in [0.3, 0.4) is 0 Å². The van der Waals surface area contributed by atoms with Crippen LogP contribution in [-0.4, -0.2) is 45.4 Å². The number of nitro benzene ring substituents is 1. The highest BCUT2D eigenvalue weighted by atomic mass is 16.6. The molecule has 3 aromatic rings. The van der Waals surface area contributed by atoms with Gasteiger partial charge in [0.2, 0.25) is 0 Å². The lowest BCUT2D eigenvalue weighted by atomic mass is 9.96. The largest absolute Gasteiger partial charge is 0.477 e. The third-order valence-electron chi connectivity index (χ3n) is 5.06. The van der Waals surface area contributed by atoms with E-state index >= 15 is 0 Å². The molecule has 144 valence electrons. The van der Waals surface area contributed by atoms with Crippen molar-refractivity contribution in [1.82, 2.24) is 14.9 Å². The lowest BCUT2D eigenvalue weighted by Gasteiger charge is -2.31. The summed E-state index contributed by atoms with van der Waals surface area (Å²) >= 11 is 0. The Hall–Kier alpha value is -3.42. The van der Waals surface area contributed by atoms with E-state index in [1.54, 1.807) is 17.0 Å². The highest BCUT2D eigenvalue weighted by Crippen LogP contribution is 2.28. The number of ether oxygens (including phenoxy) is 1. The van der Waals surface area contributed by atoms with Crippen LogP contribution >= 0.6 is 0 Å². The summed E-state index contributed by atoms with van der Waals surface area (Å²) in [5.41, 5.74) is 1.83. The first kappa shape index (κ1) is 18.0. The maximum atomic E-state index is 12.4. The number of nitrogens with zero attached hydrogens (tertiary/aromatic N) is 3. The molecule has 0 spiro atoms. The number of nitro groups is 1. The molecule has 1 N–H and O–H groups in total. The minimum Gasteiger partial charge on any atom is -0.477 e. The number of rotatable bonds is 5. The molecule has 0 bridgehead atoms. The van der Waals surface area contributed by atoms with Crippen molar-refractivity contribution in [3.8, 4) is 5.75 Å². The molecule has 2 heterocycles. The number of benzene rings is 2. The standard InChI is InChI=1S/C20H20N4O4/c25-19(13-28-18-8-4-3-7-17(18)24(26)27)23-11-9-14(10-12-23)20-21-15-5-1-2-6-16(15)22-20/h1-8,14H,9-13H2,(H,21,22). The molecular weight excluding hydrogens is 360 g/mol. The summed E-state index contributed by atoms with van der Waals surface area (Å²) in [7, 11) is 0. The highest BCUT2D eigenvalue weighted by Gasteiger charge is 2.26. The number of likely N-dealkylation sites (tertiary alicyclic amines) is 1. The Morgan fingerprint density at radius 2 is 1.89 bits per heavy atom. The predicted molar refractivity (Wildman–Crippen MR) is 103 cm³/mol. The van der Waals surface area contributed by atoms with Crippen molar-refractivity contribution in [1.29, 1.82) is 0 Å². The fraction of sp³-hybridized carbons (Fsp3) is 0.300. The number of hydrogen-bond acceptors (Lipinski definition) is 5. The molecule has 1 amide bonds. The molecule has 4 rings (SSSR count). The molecule has 2 aromatic carbocycles. The molecule has 0 unspecified atom stereocenters. The number of nitrogens with one attached hydrogen (secondary N) is 1. The van der Waals surface area contributed by atoms with Gasteiger partial charge in [0.1, 0.15) is 5.82 Å². The number of aromatic amines is 1. The van der Waals surface area contributed by atoms with Gasteiger partial charge in [0.15, 0.2) is 12.4 Å². The van der Waals surface area contributed by atoms with E-state index < -0.39 is 4.92 Å². The Morgan fingerprint density at radius 3 is 2.64 bits per heavy atom. The Labute approximate surface area is 161 Å². The lowest BCUT2D eigenvalue weighted by molar-refractivity contribution is -0.385. The summed E-state index contributed by atoms with van der Waals surface area (Å²) in [5.74, 6) is 1.19. The second kappa shape index (κ2) is 7.67. The van der Waals surface area contributed by atoms with Crippen LogP contribution in [-0.2, 0) is 4.79 Å². The Bertz CT molecular complexity index is 975. The van der Waals surface area contributed by atoms with Crippen LogP contribution < -0.4 is 4.74 Å². The number of H-pyrrole nitrogens is 1. The smallest absolute Gasteiger partial charge is 0.310 e. The van der Waals surface area contributed by atoms with E-state index in [9.17, 15) is 14.9 Å². The summed E-state index contributed by atoms with van der Waals surface area (Å²) in [6.07, 6.45) is 1.63. The van der Waals surface area contributed by atoms with Crippen molar-refractivity contribution in [2.45, 2.75) is 18.8 Å². The average Bonchev–Trinajstić information content (AvgIpc) is 3.16. The topological polar surface area (TPSA) is 101 Å². The zero-order valence-corrected chi connectivity index (χ0v) is 15.2. The number of carbonyl (C=O) groups is 1. The third-order valence-corrected chi connectivity index (χ3v) is 5.06. The molecule has 1 aromatic heterocycles. The van der Waals surface area contributed by atoms with Gasteiger partial charge in [-0.25, -0.2) is 4.98 Å². The van der Waals surface area contributed by atoms with Crippen LogP contribution in [0.25, 0.3) is 11.0 Å². The lowest BCUT2D eigenvalue weighted by Crippen LogP contribution is -2.40. The van der Waals surface area contributed by atoms with Gasteiger partial charge in [-0.15, -0.1) is 0 Å². The number of amides is 1. The second-order valence-corrected chi connectivity index (χ2v) is 6.81. The van der Waals surface area contributed by atoms with Crippen LogP contribution in [0.2, 0.25) is 0 Å². The van der Waals surface area contributed by atoms with E-state index in [0.29, 0.717) is 13.1 Å². The number of fused-ring (bicyclic) bond motifs is 1. The summed E-state index contributed by atoms with van der Waals surface area (Å²) < 4.78 is 5.41. The average molecular weight is 380 g/mol. The van der Waals surface area contributed by atoms with Crippen LogP contribution in [0.4, 0.5) is 5.69 Å². The van der Waals surface area contributed by atoms with Gasteiger partial charge in [0.05, 0.1) is 16.0 Å². The number of aromatic nitrogens is 2. The van der Waals surface area contributed by atoms with E-state index in [1.165, 1.54) is 12.1 Å². The van der Waals surface area contributed by atoms with Gasteiger partial charge < -0.3 is 14.6 Å². The highest BCUT2D eigenvalue weighted by molar-refractivity contribution is 5.78. The normalized spacial score (nSPS) is 14.9. The van der Waals surface area contributed by atoms with E-state index in [4.69, 9.17) is 4.74 Å². The first-order valence-corrected chi connectivity index (χ1v) is 9.20. The van der Waals surface area contributed by atoms with Crippen molar-refractivity contribution >= 4 is 22.6 Å². The minimum absolute atomic E-state index is 0.109. The molecular formula is C20H20N4O4. The molecule has 0 radical (unpaired) electrons. The first-order chi connectivity index (χ1) is 13.6. The molecule has 0 saturated carbocycles. The zero-order chi connectivity index (χ0) is 19.5. The molecule has 28 heavy (non-hydrogen) atoms. The zero-order valence-electron chi connectivity index (χ0n) is 15.2. The maximum Gasteiger partial charge on any atom is 0.310 e. The van der Waals surface area contributed by atoms with Gasteiger partial charge in [-0.05, 0) is 31.0 Å². The van der Waals surface area contributed by atoms with Crippen molar-refractivity contribution in [3.05, 3.63) is 64.5 Å². The van der Waals surface area contributed by atoms with E-state index in [2.05, 4.69) is 9.97 Å². The Morgan fingerprint density at radius 1 is 1.18 bits per heavy atom. The summed E-state index contributed by atoms with van der Waals surface area (Å²) in [5, 5.41) is 11.0. The SMILES string of the molecule is O=C(COc1ccccc1[N+](=O)[O-])N1CCC(c2nc3ccccc3[nH]2)CC1. The van der Waals surface area contributed by atoms with Crippen molar-refractivity contribution in [2.24, 2.45) is 0 Å². The molecule has 1 aliphatic rings. The summed E-state index contributed by atoms with van der Waals surface area (Å²) in [6.45, 7) is 1.02. The van der Waals surface area contributed by atoms with Gasteiger partial charge in [0.25, 0.3) is 5.91 Å². The first-order valence-electron chi connectivity index (χ1n) is 9.20. The van der Waals surface area contributed by atoms with Crippen LogP contribution in [0.5, 0.6) is 5.75 Å². The van der Waals surface area contributed by atoms with E-state index in [1.807, 2.05) is 24.3 Å². The fourth-order valence-corrected chi connectivity index (χ4v) is 3.53. The van der Waals surface area contributed by atoms with E-state index in [0.717, 1.165) is 29.7 Å². The molecule has 1 fully saturated rings. The van der Waals surface area contributed by atoms with Gasteiger partial charge in [0, 0.05) is 25.1 Å². The third kappa shape index (κ3) is 3.66. The Balaban J connectivity index is 1.33. The van der Waals surface area contributed by atoms with Crippen molar-refractivity contribution < 1.29 is 14.5 Å². The van der Waals surface area contributed by atoms with E-state index in [-0.39, 0.29) is 29.9 Å². The number of para-hydroxylation sites is 4. The maximum absolute atomic E-state index is 12.4. The van der Waals surface area contributed by atoms with Gasteiger partial charge in [-0.1, -0.05) is 24.3 Å². The number of carbonyl (C=O) groups excluding carboxylic acids is 1. The van der Waals surface area contributed by atoms with Crippen LogP contribution in [0.1, 0.15) is 24.6 Å². The monoisotopic (exact) mass is 380 g/mol. The Kier molecular flexibility index (Phi) is 4.92. The summed E-state index contributed by atoms with van der Waals surface area (Å²) in [6, 6.07) is 14.0. The molecule has 8 heteroatoms. The predicted octanol–water partition coefficient (Wildman–Crippen LogP) is 3.26. The summed E-state index contributed by atoms with van der Waals surface area (Å²) in [4.78, 5) is 32.7. The van der Waals surface area contributed by atoms with Gasteiger partial charge >= 0.3 is 5.69 Å².